The van der Waals surface area contributed by atoms with Gasteiger partial charge in [-0.1, -0.05) is 70.6 Å². The zero-order valence-electron chi connectivity index (χ0n) is 32.1. The molecule has 17 atom stereocenters. The van der Waals surface area contributed by atoms with Gasteiger partial charge in [-0.3, -0.25) is 0 Å². The van der Waals surface area contributed by atoms with Gasteiger partial charge in [-0.05, 0) is 55.9 Å². The molecule has 0 aromatic carbocycles. The van der Waals surface area contributed by atoms with Crippen molar-refractivity contribution in [2.75, 3.05) is 13.7 Å². The molecule has 0 radical (unpaired) electrons. The van der Waals surface area contributed by atoms with E-state index < -0.39 is 72.6 Å². The van der Waals surface area contributed by atoms with E-state index >= 15 is 0 Å². The molecule has 5 heterocycles. The second-order valence-electron chi connectivity index (χ2n) is 16.2. The summed E-state index contributed by atoms with van der Waals surface area (Å²) >= 11 is 0. The first-order valence-corrected chi connectivity index (χ1v) is 19.3. The summed E-state index contributed by atoms with van der Waals surface area (Å²) in [6, 6.07) is 0. The minimum atomic E-state index is -1.71. The minimum absolute atomic E-state index is 0.0533. The highest BCUT2D eigenvalue weighted by Gasteiger charge is 2.59. The highest BCUT2D eigenvalue weighted by Crippen LogP contribution is 2.48. The molecule has 4 N–H and O–H groups in total. The SMILES string of the molecule is CC[C@H](C)[C@H]1OC2(C=C[C@@H]1C)C[C@@H]1C[C@@H](C/C=C(\C)[C@@H](OC3CC(OC)C(O)C(C)O3)[C@@H](C)/C=C/C=C3\CO[C@@H]4[C@H](O)C(C)=CC(C(O)O1)[C@]34O)O2. The topological polar surface area (TPSA) is 146 Å². The fraction of sp³-hybridized carbons (Fsp3) is 0.756. The Labute approximate surface area is 309 Å². The summed E-state index contributed by atoms with van der Waals surface area (Å²) in [5.74, 6) is -1.58. The maximum absolute atomic E-state index is 12.4. The first-order valence-electron chi connectivity index (χ1n) is 19.3. The van der Waals surface area contributed by atoms with Gasteiger partial charge in [0, 0.05) is 38.2 Å². The summed E-state index contributed by atoms with van der Waals surface area (Å²) in [7, 11) is 1.58. The summed E-state index contributed by atoms with van der Waals surface area (Å²) in [6.07, 6.45) is 9.60. The standard InChI is InChI=1S/C41H62O11/c1-9-22(2)37-25(5)15-16-40(52-37)20-30-18-29(51-40)14-13-24(4)36(50-33-19-32(46-8)35(43)27(7)48-33)23(3)11-10-12-28-21-47-38-34(42)26(6)17-31(39(44)49-30)41(28,38)45/h10-13,15-17,22-23,25,27,29-39,42-45H,9,14,18-21H2,1-8H3/b11-10+,24-13+,28-12+/t22-,23-,25-,27?,29+,30-,31?,32?,33?,34+,35?,36-,37+,38+,39?,40?,41+/m0/s1. The van der Waals surface area contributed by atoms with Crippen LogP contribution >= 0.6 is 0 Å². The molecule has 11 heteroatoms. The van der Waals surface area contributed by atoms with Crippen molar-refractivity contribution < 1.29 is 53.6 Å². The third-order valence-corrected chi connectivity index (χ3v) is 12.4. The predicted molar refractivity (Wildman–Crippen MR) is 194 cm³/mol. The monoisotopic (exact) mass is 730 g/mol. The van der Waals surface area contributed by atoms with Crippen molar-refractivity contribution in [3.63, 3.8) is 0 Å². The lowest BCUT2D eigenvalue weighted by Crippen LogP contribution is -2.59. The molecule has 0 aromatic rings. The first-order chi connectivity index (χ1) is 24.7. The Morgan fingerprint density at radius 2 is 1.75 bits per heavy atom. The van der Waals surface area contributed by atoms with E-state index in [1.54, 1.807) is 20.1 Å². The van der Waals surface area contributed by atoms with E-state index in [-0.39, 0.29) is 30.7 Å². The van der Waals surface area contributed by atoms with Crippen LogP contribution in [-0.4, -0.2) is 113 Å². The Morgan fingerprint density at radius 3 is 2.48 bits per heavy atom. The quantitative estimate of drug-likeness (QED) is 0.294. The second kappa shape index (κ2) is 16.2. The van der Waals surface area contributed by atoms with Gasteiger partial charge in [0.15, 0.2) is 18.4 Å². The van der Waals surface area contributed by atoms with E-state index in [9.17, 15) is 20.4 Å². The van der Waals surface area contributed by atoms with Crippen molar-refractivity contribution in [2.45, 2.75) is 159 Å². The molecule has 5 aliphatic heterocycles. The van der Waals surface area contributed by atoms with Gasteiger partial charge >= 0.3 is 0 Å². The molecule has 0 aromatic heterocycles. The molecule has 7 unspecified atom stereocenters. The van der Waals surface area contributed by atoms with Gasteiger partial charge < -0.3 is 53.6 Å². The van der Waals surface area contributed by atoms with Crippen molar-refractivity contribution in [1.29, 1.82) is 0 Å². The molecule has 11 nitrogen and oxygen atoms in total. The number of fused-ring (bicyclic) bond motifs is 2. The first kappa shape index (κ1) is 39.9. The second-order valence-corrected chi connectivity index (χ2v) is 16.2. The Kier molecular flexibility index (Phi) is 12.4. The van der Waals surface area contributed by atoms with E-state index in [4.69, 9.17) is 33.2 Å². The van der Waals surface area contributed by atoms with Crippen LogP contribution in [0.4, 0.5) is 0 Å². The molecule has 2 bridgehead atoms. The molecule has 6 aliphatic rings. The molecule has 6 rings (SSSR count). The van der Waals surface area contributed by atoms with E-state index in [1.807, 2.05) is 38.2 Å². The summed E-state index contributed by atoms with van der Waals surface area (Å²) in [4.78, 5) is 0. The Bertz CT molecular complexity index is 1410. The van der Waals surface area contributed by atoms with Crippen LogP contribution in [0, 0.1) is 23.7 Å². The third-order valence-electron chi connectivity index (χ3n) is 12.4. The van der Waals surface area contributed by atoms with Crippen LogP contribution in [-0.2, 0) is 33.2 Å². The molecule has 1 aliphatic carbocycles. The maximum atomic E-state index is 12.4. The Morgan fingerprint density at radius 1 is 0.981 bits per heavy atom. The lowest BCUT2D eigenvalue weighted by molar-refractivity contribution is -0.315. The van der Waals surface area contributed by atoms with Crippen LogP contribution in [0.15, 0.2) is 59.3 Å². The van der Waals surface area contributed by atoms with Crippen LogP contribution in [0.2, 0.25) is 0 Å². The molecule has 3 fully saturated rings. The molecule has 292 valence electrons. The number of allylic oxidation sites excluding steroid dienone is 2. The van der Waals surface area contributed by atoms with E-state index in [0.29, 0.717) is 42.7 Å². The molecule has 0 amide bonds. The molecule has 1 spiro atoms. The summed E-state index contributed by atoms with van der Waals surface area (Å²) in [5, 5.41) is 46.0. The zero-order valence-corrected chi connectivity index (χ0v) is 32.1. The van der Waals surface area contributed by atoms with Crippen molar-refractivity contribution in [3.8, 4) is 0 Å². The van der Waals surface area contributed by atoms with Crippen LogP contribution in [0.25, 0.3) is 0 Å². The smallest absolute Gasteiger partial charge is 0.190 e. The normalized spacial score (nSPS) is 50.3. The third kappa shape index (κ3) is 7.84. The van der Waals surface area contributed by atoms with Crippen LogP contribution in [0.5, 0.6) is 0 Å². The molecule has 0 saturated carbocycles. The average molecular weight is 731 g/mol. The number of hydrogen-bond acceptors (Lipinski definition) is 11. The van der Waals surface area contributed by atoms with Gasteiger partial charge in [0.05, 0.1) is 49.1 Å². The van der Waals surface area contributed by atoms with Crippen LogP contribution < -0.4 is 0 Å². The van der Waals surface area contributed by atoms with Crippen molar-refractivity contribution >= 4 is 0 Å². The predicted octanol–water partition coefficient (Wildman–Crippen LogP) is 4.63. The average Bonchev–Trinajstić information content (AvgIpc) is 3.45. The fourth-order valence-electron chi connectivity index (χ4n) is 9.03. The van der Waals surface area contributed by atoms with Gasteiger partial charge in [0.1, 0.15) is 23.9 Å². The molecular weight excluding hydrogens is 668 g/mol. The van der Waals surface area contributed by atoms with Crippen molar-refractivity contribution in [2.24, 2.45) is 23.7 Å². The van der Waals surface area contributed by atoms with E-state index in [2.05, 4.69) is 39.8 Å². The lowest BCUT2D eigenvalue weighted by Gasteiger charge is -2.49. The summed E-state index contributed by atoms with van der Waals surface area (Å²) in [5.41, 5.74) is 0.423. The highest BCUT2D eigenvalue weighted by atomic mass is 16.7. The number of ether oxygens (including phenoxy) is 7. The summed E-state index contributed by atoms with van der Waals surface area (Å²) < 4.78 is 44.7. The van der Waals surface area contributed by atoms with Crippen LogP contribution in [0.3, 0.4) is 0 Å². The van der Waals surface area contributed by atoms with Gasteiger partial charge in [-0.2, -0.15) is 0 Å². The Balaban J connectivity index is 1.38. The lowest BCUT2D eigenvalue weighted by atomic mass is 9.70. The van der Waals surface area contributed by atoms with Gasteiger partial charge in [0.25, 0.3) is 0 Å². The molecule has 52 heavy (non-hydrogen) atoms. The largest absolute Gasteiger partial charge is 0.388 e. The van der Waals surface area contributed by atoms with Gasteiger partial charge in [-0.25, -0.2) is 0 Å². The minimum Gasteiger partial charge on any atom is -0.388 e. The van der Waals surface area contributed by atoms with Gasteiger partial charge in [0.2, 0.25) is 0 Å². The van der Waals surface area contributed by atoms with Gasteiger partial charge in [-0.15, -0.1) is 0 Å². The van der Waals surface area contributed by atoms with Crippen molar-refractivity contribution in [1.82, 2.24) is 0 Å². The van der Waals surface area contributed by atoms with Crippen molar-refractivity contribution in [3.05, 3.63) is 59.3 Å². The number of methoxy groups -OCH3 is 1. The van der Waals surface area contributed by atoms with E-state index in [0.717, 1.165) is 12.0 Å². The number of rotatable bonds is 5. The number of aliphatic hydroxyl groups is 4. The number of aliphatic hydroxyl groups excluding tert-OH is 3. The van der Waals surface area contributed by atoms with E-state index in [1.165, 1.54) is 0 Å². The zero-order chi connectivity index (χ0) is 37.5. The fourth-order valence-corrected chi connectivity index (χ4v) is 9.03. The summed E-state index contributed by atoms with van der Waals surface area (Å²) in [6.45, 7) is 14.3. The number of hydrogen-bond donors (Lipinski definition) is 4. The van der Waals surface area contributed by atoms with Crippen LogP contribution in [0.1, 0.15) is 80.6 Å². The molecule has 3 saturated heterocycles. The highest BCUT2D eigenvalue weighted by molar-refractivity contribution is 5.38. The Hall–Kier alpha value is -1.74. The molecular formula is C41H62O11. The maximum Gasteiger partial charge on any atom is 0.190 e.